The molecule has 0 unspecified atom stereocenters. The van der Waals surface area contributed by atoms with Gasteiger partial charge < -0.3 is 0 Å². The topological polar surface area (TPSA) is 17.8 Å². The summed E-state index contributed by atoms with van der Waals surface area (Å²) in [6, 6.07) is 3.97. The van der Waals surface area contributed by atoms with Crippen molar-refractivity contribution in [1.29, 1.82) is 0 Å². The second-order valence-corrected chi connectivity index (χ2v) is 3.20. The predicted molar refractivity (Wildman–Crippen MR) is 45.4 cm³/mol. The van der Waals surface area contributed by atoms with Gasteiger partial charge in [0.2, 0.25) is 0 Å². The molecular weight excluding hydrogens is 156 g/mol. The maximum atomic E-state index is 4.08. The van der Waals surface area contributed by atoms with Crippen molar-refractivity contribution >= 4 is 11.3 Å². The van der Waals surface area contributed by atoms with E-state index in [4.69, 9.17) is 0 Å². The molecule has 0 saturated heterocycles. The van der Waals surface area contributed by atoms with E-state index in [0.717, 1.165) is 0 Å². The monoisotopic (exact) mass is 163 g/mol. The van der Waals surface area contributed by atoms with Crippen molar-refractivity contribution in [3.8, 4) is 10.4 Å². The van der Waals surface area contributed by atoms with Crippen LogP contribution >= 0.6 is 11.3 Å². The zero-order valence-corrected chi connectivity index (χ0v) is 6.93. The molecule has 0 atom stereocenters. The number of nitrogens with zero attached hydrogens (tertiary/aromatic N) is 2. The highest BCUT2D eigenvalue weighted by Crippen LogP contribution is 2.22. The minimum Gasteiger partial charge on any atom is -0.275 e. The highest BCUT2D eigenvalue weighted by atomic mass is 32.1. The summed E-state index contributed by atoms with van der Waals surface area (Å²) in [5.74, 6) is 0. The van der Waals surface area contributed by atoms with Crippen LogP contribution in [0.4, 0.5) is 0 Å². The van der Waals surface area contributed by atoms with Gasteiger partial charge in [-0.25, -0.2) is 0 Å². The van der Waals surface area contributed by atoms with Gasteiger partial charge in [0.05, 0.1) is 6.20 Å². The number of aryl methyl sites for hydroxylation is 1. The normalized spacial score (nSPS) is 10.3. The lowest BCUT2D eigenvalue weighted by Crippen LogP contribution is -1.83. The zero-order valence-electron chi connectivity index (χ0n) is 6.11. The van der Waals surface area contributed by atoms with Crippen LogP contribution in [0.15, 0.2) is 24.5 Å². The van der Waals surface area contributed by atoms with E-state index in [1.54, 1.807) is 16.0 Å². The quantitative estimate of drug-likeness (QED) is 0.628. The van der Waals surface area contributed by atoms with E-state index in [9.17, 15) is 0 Å². The predicted octanol–water partition coefficient (Wildman–Crippen LogP) is 1.95. The number of aromatic nitrogens is 2. The highest BCUT2D eigenvalue weighted by molar-refractivity contribution is 7.13. The van der Waals surface area contributed by atoms with Crippen molar-refractivity contribution < 1.29 is 0 Å². The minimum absolute atomic E-state index is 1.17. The minimum atomic E-state index is 1.17. The van der Waals surface area contributed by atoms with Gasteiger partial charge in [0.15, 0.2) is 0 Å². The molecule has 0 spiro atoms. The Balaban J connectivity index is 2.45. The molecule has 0 aliphatic heterocycles. The Hall–Kier alpha value is -1.09. The fourth-order valence-electron chi connectivity index (χ4n) is 0.945. The zero-order chi connectivity index (χ0) is 7.68. The van der Waals surface area contributed by atoms with Crippen LogP contribution < -0.4 is 0 Å². The van der Waals surface area contributed by atoms with Crippen molar-refractivity contribution in [3.05, 3.63) is 29.9 Å². The first-order valence-electron chi connectivity index (χ1n) is 3.31. The van der Waals surface area contributed by atoms with E-state index >= 15 is 0 Å². The molecule has 0 aliphatic rings. The SMILES string of the molecule is Cn1cc(-c2cc[c]s2)cn1. The molecule has 0 amide bonds. The number of thiophene rings is 1. The van der Waals surface area contributed by atoms with E-state index in [2.05, 4.69) is 10.5 Å². The largest absolute Gasteiger partial charge is 0.275 e. The average molecular weight is 163 g/mol. The van der Waals surface area contributed by atoms with Crippen molar-refractivity contribution in [2.24, 2.45) is 7.05 Å². The molecule has 2 aromatic heterocycles. The molecule has 0 N–H and O–H groups in total. The summed E-state index contributed by atoms with van der Waals surface area (Å²) in [5.41, 5.74) is 1.17. The van der Waals surface area contributed by atoms with E-state index in [1.165, 1.54) is 10.4 Å². The van der Waals surface area contributed by atoms with Gasteiger partial charge in [0, 0.05) is 29.1 Å². The average Bonchev–Trinajstić information content (AvgIpc) is 2.55. The Labute approximate surface area is 69.1 Å². The van der Waals surface area contributed by atoms with Crippen LogP contribution in [0, 0.1) is 5.38 Å². The molecule has 0 aromatic carbocycles. The molecule has 11 heavy (non-hydrogen) atoms. The van der Waals surface area contributed by atoms with Crippen molar-refractivity contribution in [2.75, 3.05) is 0 Å². The van der Waals surface area contributed by atoms with Crippen LogP contribution in [0.25, 0.3) is 10.4 Å². The summed E-state index contributed by atoms with van der Waals surface area (Å²) in [6.45, 7) is 0. The lowest BCUT2D eigenvalue weighted by Gasteiger charge is -1.85. The van der Waals surface area contributed by atoms with Gasteiger partial charge in [-0.05, 0) is 12.1 Å². The van der Waals surface area contributed by atoms with Crippen molar-refractivity contribution in [1.82, 2.24) is 9.78 Å². The highest BCUT2D eigenvalue weighted by Gasteiger charge is 1.99. The van der Waals surface area contributed by atoms with E-state index in [-0.39, 0.29) is 0 Å². The van der Waals surface area contributed by atoms with Crippen LogP contribution in [0.1, 0.15) is 0 Å². The molecule has 0 saturated carbocycles. The third-order valence-corrected chi connectivity index (χ3v) is 2.31. The molecule has 2 rings (SSSR count). The Morgan fingerprint density at radius 3 is 3.09 bits per heavy atom. The fraction of sp³-hybridized carbons (Fsp3) is 0.125. The Morgan fingerprint density at radius 1 is 1.64 bits per heavy atom. The van der Waals surface area contributed by atoms with Gasteiger partial charge in [0.1, 0.15) is 0 Å². The number of hydrogen-bond donors (Lipinski definition) is 0. The molecule has 0 bridgehead atoms. The Bertz CT molecular complexity index is 335. The molecule has 2 heterocycles. The third kappa shape index (κ3) is 1.19. The van der Waals surface area contributed by atoms with Gasteiger partial charge in [-0.3, -0.25) is 4.68 Å². The van der Waals surface area contributed by atoms with E-state index in [0.29, 0.717) is 0 Å². The standard InChI is InChI=1S/C8H7N2S/c1-10-6-7(5-9-10)8-3-2-4-11-8/h2-3,5-6H,1H3. The van der Waals surface area contributed by atoms with Gasteiger partial charge in [-0.15, -0.1) is 11.3 Å². The molecule has 1 radical (unpaired) electrons. The second-order valence-electron chi connectivity index (χ2n) is 2.32. The first-order valence-corrected chi connectivity index (χ1v) is 4.13. The molecular formula is C8H7N2S. The van der Waals surface area contributed by atoms with Gasteiger partial charge in [-0.2, -0.15) is 5.10 Å². The molecule has 0 aliphatic carbocycles. The van der Waals surface area contributed by atoms with Gasteiger partial charge in [-0.1, -0.05) is 0 Å². The fourth-order valence-corrected chi connectivity index (χ4v) is 1.57. The summed E-state index contributed by atoms with van der Waals surface area (Å²) in [7, 11) is 1.92. The third-order valence-electron chi connectivity index (χ3n) is 1.46. The van der Waals surface area contributed by atoms with Gasteiger partial charge >= 0.3 is 0 Å². The first-order chi connectivity index (χ1) is 5.36. The van der Waals surface area contributed by atoms with Crippen LogP contribution in [-0.2, 0) is 7.05 Å². The van der Waals surface area contributed by atoms with Crippen molar-refractivity contribution in [3.63, 3.8) is 0 Å². The van der Waals surface area contributed by atoms with Gasteiger partial charge in [0.25, 0.3) is 0 Å². The molecule has 55 valence electrons. The molecule has 0 fully saturated rings. The second kappa shape index (κ2) is 2.51. The van der Waals surface area contributed by atoms with Crippen molar-refractivity contribution in [2.45, 2.75) is 0 Å². The summed E-state index contributed by atoms with van der Waals surface area (Å²) in [6.07, 6.45) is 3.86. The van der Waals surface area contributed by atoms with E-state index in [1.807, 2.05) is 31.6 Å². The molecule has 2 aromatic rings. The first kappa shape index (κ1) is 6.61. The lowest BCUT2D eigenvalue weighted by molar-refractivity contribution is 0.768. The molecule has 2 nitrogen and oxygen atoms in total. The Kier molecular flexibility index (Phi) is 1.51. The lowest BCUT2D eigenvalue weighted by atomic mass is 10.3. The van der Waals surface area contributed by atoms with E-state index < -0.39 is 0 Å². The summed E-state index contributed by atoms with van der Waals surface area (Å²) in [5, 5.41) is 7.12. The molecule has 3 heteroatoms. The Morgan fingerprint density at radius 2 is 2.55 bits per heavy atom. The number of hydrogen-bond acceptors (Lipinski definition) is 2. The summed E-state index contributed by atoms with van der Waals surface area (Å²) < 4.78 is 1.80. The van der Waals surface area contributed by atoms with Crippen LogP contribution in [-0.4, -0.2) is 9.78 Å². The summed E-state index contributed by atoms with van der Waals surface area (Å²) >= 11 is 1.61. The van der Waals surface area contributed by atoms with Crippen LogP contribution in [0.2, 0.25) is 0 Å². The maximum absolute atomic E-state index is 4.08. The summed E-state index contributed by atoms with van der Waals surface area (Å²) in [4.78, 5) is 1.22. The van der Waals surface area contributed by atoms with Crippen LogP contribution in [0.5, 0.6) is 0 Å². The smallest absolute Gasteiger partial charge is 0.0576 e. The maximum Gasteiger partial charge on any atom is 0.0576 e. The van der Waals surface area contributed by atoms with Crippen LogP contribution in [0.3, 0.4) is 0 Å². The number of rotatable bonds is 1.